The quantitative estimate of drug-likeness (QED) is 0.337. The number of rotatable bonds is 1. The van der Waals surface area contributed by atoms with Crippen LogP contribution in [0.2, 0.25) is 0 Å². The molecule has 1 aromatic rings. The van der Waals surface area contributed by atoms with Crippen LogP contribution >= 0.6 is 0 Å². The van der Waals surface area contributed by atoms with E-state index in [1.165, 1.54) is 12.1 Å². The molecule has 0 bridgehead atoms. The minimum atomic E-state index is -4.23. The van der Waals surface area contributed by atoms with Crippen molar-refractivity contribution in [3.8, 4) is 0 Å². The van der Waals surface area contributed by atoms with E-state index in [2.05, 4.69) is 0 Å². The Morgan fingerprint density at radius 3 is 2.00 bits per heavy atom. The average molecular weight is 222 g/mol. The monoisotopic (exact) mass is 222 g/mol. The summed E-state index contributed by atoms with van der Waals surface area (Å²) in [6.07, 6.45) is 0. The number of nitrogens with two attached hydrogens (primary N) is 2. The Morgan fingerprint density at radius 1 is 1.14 bits per heavy atom. The predicted octanol–water partition coefficient (Wildman–Crippen LogP) is 0.422. The summed E-state index contributed by atoms with van der Waals surface area (Å²) in [6, 6.07) is 3.77. The molecule has 0 saturated carbocycles. The highest BCUT2D eigenvalue weighted by Gasteiger charge is 2.12. The molecule has 0 atom stereocenters. The first-order valence-corrected chi connectivity index (χ1v) is 4.48. The van der Waals surface area contributed by atoms with Crippen molar-refractivity contribution in [2.45, 2.75) is 4.90 Å². The van der Waals surface area contributed by atoms with Gasteiger partial charge in [0.15, 0.2) is 0 Å². The second-order valence-corrected chi connectivity index (χ2v) is 3.66. The molecule has 0 aliphatic carbocycles. The Hall–Kier alpha value is -1.35. The molecule has 1 aromatic carbocycles. The third kappa shape index (κ3) is 3.18. The number of hydrogen-bond donors (Lipinski definition) is 5. The van der Waals surface area contributed by atoms with Crippen LogP contribution in [0.15, 0.2) is 23.1 Å². The highest BCUT2D eigenvalue weighted by Crippen LogP contribution is 2.19. The maximum absolute atomic E-state index is 10.6. The van der Waals surface area contributed by atoms with Crippen molar-refractivity contribution in [1.82, 2.24) is 12.3 Å². The van der Waals surface area contributed by atoms with Gasteiger partial charge in [0.2, 0.25) is 0 Å². The Kier molecular flexibility index (Phi) is 5.15. The van der Waals surface area contributed by atoms with Crippen LogP contribution in [0.5, 0.6) is 0 Å². The van der Waals surface area contributed by atoms with Gasteiger partial charge in [-0.15, -0.1) is 0 Å². The van der Waals surface area contributed by atoms with E-state index in [9.17, 15) is 8.42 Å². The van der Waals surface area contributed by atoms with Gasteiger partial charge in [-0.1, -0.05) is 0 Å². The van der Waals surface area contributed by atoms with E-state index in [-0.39, 0.29) is 22.9 Å². The molecule has 0 fully saturated rings. The predicted molar refractivity (Wildman–Crippen MR) is 55.1 cm³/mol. The Balaban J connectivity index is 0. The minimum absolute atomic E-state index is 0. The molecule has 11 N–H and O–H groups in total. The van der Waals surface area contributed by atoms with Gasteiger partial charge in [-0.2, -0.15) is 8.42 Å². The van der Waals surface area contributed by atoms with Crippen molar-refractivity contribution in [3.63, 3.8) is 0 Å². The van der Waals surface area contributed by atoms with E-state index in [0.717, 1.165) is 6.07 Å². The Labute approximate surface area is 82.0 Å². The topological polar surface area (TPSA) is 176 Å². The van der Waals surface area contributed by atoms with Crippen molar-refractivity contribution in [1.29, 1.82) is 0 Å². The fourth-order valence-corrected chi connectivity index (χ4v) is 1.40. The molecule has 0 aliphatic heterocycles. The van der Waals surface area contributed by atoms with Crippen molar-refractivity contribution < 1.29 is 13.0 Å². The molecule has 7 nitrogen and oxygen atoms in total. The molecule has 0 unspecified atom stereocenters. The van der Waals surface area contributed by atoms with Crippen LogP contribution in [-0.4, -0.2) is 13.0 Å². The van der Waals surface area contributed by atoms with E-state index in [1.807, 2.05) is 0 Å². The van der Waals surface area contributed by atoms with E-state index in [1.54, 1.807) is 0 Å². The number of hydrogen-bond acceptors (Lipinski definition) is 6. The van der Waals surface area contributed by atoms with E-state index in [4.69, 9.17) is 16.0 Å². The molecule has 1 rings (SSSR count). The van der Waals surface area contributed by atoms with Crippen molar-refractivity contribution in [3.05, 3.63) is 18.2 Å². The number of anilines is 2. The van der Waals surface area contributed by atoms with Gasteiger partial charge in [-0.3, -0.25) is 4.55 Å². The molecule has 0 radical (unpaired) electrons. The van der Waals surface area contributed by atoms with Gasteiger partial charge >= 0.3 is 0 Å². The second kappa shape index (κ2) is 4.77. The third-order valence-corrected chi connectivity index (χ3v) is 2.24. The maximum Gasteiger partial charge on any atom is 0.296 e. The number of nitrogen functional groups attached to an aromatic ring is 2. The summed E-state index contributed by atoms with van der Waals surface area (Å²) in [6.45, 7) is 0. The average Bonchev–Trinajstić information content (AvgIpc) is 1.83. The lowest BCUT2D eigenvalue weighted by atomic mass is 10.3. The maximum atomic E-state index is 10.6. The summed E-state index contributed by atoms with van der Waals surface area (Å²) in [5, 5.41) is 0. The zero-order valence-corrected chi connectivity index (χ0v) is 8.29. The van der Waals surface area contributed by atoms with Crippen LogP contribution in [0, 0.1) is 0 Å². The lowest BCUT2D eigenvalue weighted by Crippen LogP contribution is -2.03. The first-order valence-electron chi connectivity index (χ1n) is 3.04. The van der Waals surface area contributed by atoms with Gasteiger partial charge in [-0.05, 0) is 18.2 Å². The van der Waals surface area contributed by atoms with Gasteiger partial charge in [0, 0.05) is 5.69 Å². The van der Waals surface area contributed by atoms with Crippen LogP contribution in [0.4, 0.5) is 11.4 Å². The van der Waals surface area contributed by atoms with E-state index < -0.39 is 10.1 Å². The molecule has 0 aliphatic rings. The molecule has 0 heterocycles. The Morgan fingerprint density at radius 2 is 1.64 bits per heavy atom. The van der Waals surface area contributed by atoms with Crippen LogP contribution < -0.4 is 23.8 Å². The van der Waals surface area contributed by atoms with Crippen molar-refractivity contribution in [2.24, 2.45) is 0 Å². The summed E-state index contributed by atoms with van der Waals surface area (Å²) in [7, 11) is -4.23. The lowest BCUT2D eigenvalue weighted by molar-refractivity contribution is 0.483. The largest absolute Gasteiger partial charge is 0.399 e. The van der Waals surface area contributed by atoms with Crippen molar-refractivity contribution >= 4 is 21.5 Å². The SMILES string of the molecule is N.N.Nc1ccc(S(=O)(=O)O)c(N)c1. The Bertz CT molecular complexity index is 404. The highest BCUT2D eigenvalue weighted by molar-refractivity contribution is 7.86. The number of benzene rings is 1. The van der Waals surface area contributed by atoms with E-state index in [0.29, 0.717) is 5.69 Å². The zero-order chi connectivity index (χ0) is 9.35. The summed E-state index contributed by atoms with van der Waals surface area (Å²) >= 11 is 0. The third-order valence-electron chi connectivity index (χ3n) is 1.31. The fourth-order valence-electron chi connectivity index (χ4n) is 0.802. The molecule has 0 amide bonds. The molecule has 8 heteroatoms. The van der Waals surface area contributed by atoms with Crippen molar-refractivity contribution in [2.75, 3.05) is 11.5 Å². The van der Waals surface area contributed by atoms with Crippen LogP contribution in [0.3, 0.4) is 0 Å². The normalized spacial score (nSPS) is 9.79. The molecular formula is C6H14N4O3S. The summed E-state index contributed by atoms with van der Waals surface area (Å²) in [4.78, 5) is -0.322. The zero-order valence-electron chi connectivity index (χ0n) is 7.47. The van der Waals surface area contributed by atoms with Gasteiger partial charge in [0.1, 0.15) is 4.90 Å². The van der Waals surface area contributed by atoms with Gasteiger partial charge in [0.25, 0.3) is 10.1 Å². The van der Waals surface area contributed by atoms with Crippen LogP contribution in [-0.2, 0) is 10.1 Å². The fraction of sp³-hybridized carbons (Fsp3) is 0. The highest BCUT2D eigenvalue weighted by atomic mass is 32.2. The van der Waals surface area contributed by atoms with E-state index >= 15 is 0 Å². The van der Waals surface area contributed by atoms with Gasteiger partial charge in [-0.25, -0.2) is 0 Å². The summed E-state index contributed by atoms with van der Waals surface area (Å²) < 4.78 is 29.8. The molecule has 0 aromatic heterocycles. The van der Waals surface area contributed by atoms with Crippen LogP contribution in [0.1, 0.15) is 0 Å². The molecule has 14 heavy (non-hydrogen) atoms. The summed E-state index contributed by atoms with van der Waals surface area (Å²) in [5.74, 6) is 0. The lowest BCUT2D eigenvalue weighted by Gasteiger charge is -2.01. The molecular weight excluding hydrogens is 208 g/mol. The summed E-state index contributed by atoms with van der Waals surface area (Å²) in [5.41, 5.74) is 10.9. The second-order valence-electron chi connectivity index (χ2n) is 2.27. The molecule has 82 valence electrons. The van der Waals surface area contributed by atoms with Gasteiger partial charge in [0.05, 0.1) is 5.69 Å². The standard InChI is InChI=1S/C6H8N2O3S.2H3N/c7-4-1-2-6(5(8)3-4)12(9,10)11;;/h1-3H,7-8H2,(H,9,10,11);2*1H3. The minimum Gasteiger partial charge on any atom is -0.399 e. The van der Waals surface area contributed by atoms with Crippen LogP contribution in [0.25, 0.3) is 0 Å². The molecule has 0 saturated heterocycles. The smallest absolute Gasteiger partial charge is 0.296 e. The van der Waals surface area contributed by atoms with Gasteiger partial charge < -0.3 is 23.8 Å². The first kappa shape index (κ1) is 15.1. The first-order chi connectivity index (χ1) is 5.41. The molecule has 0 spiro atoms.